The molecule has 0 saturated heterocycles. The summed E-state index contributed by atoms with van der Waals surface area (Å²) in [6, 6.07) is 7.19. The SMILES string of the molecule is CCn1c[n+](CC)c(C(=O)NC)c1C(=O)NC.O=S(=O)([O-])c1ccccc1. The van der Waals surface area contributed by atoms with Crippen molar-refractivity contribution in [2.75, 3.05) is 14.1 Å². The highest BCUT2D eigenvalue weighted by molar-refractivity contribution is 7.85. The lowest BCUT2D eigenvalue weighted by atomic mass is 10.2. The molecule has 0 aliphatic heterocycles. The number of rotatable bonds is 5. The number of hydrogen-bond donors (Lipinski definition) is 2. The van der Waals surface area contributed by atoms with Gasteiger partial charge in [-0.1, -0.05) is 18.2 Å². The average molecular weight is 396 g/mol. The molecule has 1 aromatic heterocycles. The van der Waals surface area contributed by atoms with Crippen LogP contribution in [0.4, 0.5) is 0 Å². The molecular weight excluding hydrogens is 372 g/mol. The molecule has 1 aromatic carbocycles. The third-order valence-corrected chi connectivity index (χ3v) is 4.52. The minimum Gasteiger partial charge on any atom is -0.744 e. The molecule has 2 aromatic rings. The Morgan fingerprint density at radius 2 is 1.63 bits per heavy atom. The summed E-state index contributed by atoms with van der Waals surface area (Å²) in [6.07, 6.45) is 1.79. The molecule has 0 aliphatic rings. The molecule has 0 aliphatic carbocycles. The monoisotopic (exact) mass is 396 g/mol. The van der Waals surface area contributed by atoms with E-state index in [0.717, 1.165) is 0 Å². The lowest BCUT2D eigenvalue weighted by Crippen LogP contribution is -2.41. The summed E-state index contributed by atoms with van der Waals surface area (Å²) in [5.74, 6) is -0.504. The highest BCUT2D eigenvalue weighted by Crippen LogP contribution is 2.07. The Kier molecular flexibility index (Phi) is 8.13. The van der Waals surface area contributed by atoms with E-state index in [9.17, 15) is 22.6 Å². The van der Waals surface area contributed by atoms with Crippen LogP contribution in [0.15, 0.2) is 41.6 Å². The van der Waals surface area contributed by atoms with Gasteiger partial charge in [-0.2, -0.15) is 0 Å². The molecule has 0 unspecified atom stereocenters. The molecule has 2 N–H and O–H groups in total. The maximum absolute atomic E-state index is 11.8. The highest BCUT2D eigenvalue weighted by atomic mass is 32.2. The topological polar surface area (TPSA) is 124 Å². The maximum Gasteiger partial charge on any atom is 0.295 e. The van der Waals surface area contributed by atoms with Crippen molar-refractivity contribution in [3.63, 3.8) is 0 Å². The van der Waals surface area contributed by atoms with Crippen LogP contribution in [0.5, 0.6) is 0 Å². The molecule has 0 saturated carbocycles. The van der Waals surface area contributed by atoms with Crippen molar-refractivity contribution in [1.82, 2.24) is 15.2 Å². The molecule has 0 spiro atoms. The number of benzene rings is 1. The van der Waals surface area contributed by atoms with Crippen LogP contribution < -0.4 is 15.2 Å². The van der Waals surface area contributed by atoms with Crippen molar-refractivity contribution < 1.29 is 27.1 Å². The Bertz CT molecular complexity index is 853. The molecule has 27 heavy (non-hydrogen) atoms. The van der Waals surface area contributed by atoms with Crippen LogP contribution in [0.25, 0.3) is 0 Å². The number of imidazole rings is 1. The molecule has 1 heterocycles. The number of amides is 2. The second-order valence-electron chi connectivity index (χ2n) is 5.31. The van der Waals surface area contributed by atoms with E-state index in [1.54, 1.807) is 35.6 Å². The van der Waals surface area contributed by atoms with Crippen LogP contribution >= 0.6 is 0 Å². The molecule has 2 rings (SSSR count). The number of aromatic nitrogens is 2. The number of carbonyl (C=O) groups excluding carboxylic acids is 2. The molecular formula is C17H24N4O5S. The number of nitrogens with one attached hydrogen (secondary N) is 2. The summed E-state index contributed by atoms with van der Waals surface area (Å²) >= 11 is 0. The quantitative estimate of drug-likeness (QED) is 0.549. The van der Waals surface area contributed by atoms with Gasteiger partial charge in [0.25, 0.3) is 11.8 Å². The van der Waals surface area contributed by atoms with Gasteiger partial charge in [0.2, 0.25) is 17.7 Å². The van der Waals surface area contributed by atoms with Crippen LogP contribution in [0.1, 0.15) is 34.8 Å². The van der Waals surface area contributed by atoms with Crippen molar-refractivity contribution in [1.29, 1.82) is 0 Å². The predicted molar refractivity (Wildman–Crippen MR) is 97.2 cm³/mol. The molecule has 0 bridgehead atoms. The molecule has 0 radical (unpaired) electrons. The van der Waals surface area contributed by atoms with Gasteiger partial charge in [-0.3, -0.25) is 9.59 Å². The second kappa shape index (κ2) is 9.83. The van der Waals surface area contributed by atoms with Gasteiger partial charge in [0, 0.05) is 14.1 Å². The van der Waals surface area contributed by atoms with E-state index in [4.69, 9.17) is 0 Å². The zero-order valence-electron chi connectivity index (χ0n) is 15.7. The fourth-order valence-electron chi connectivity index (χ4n) is 2.34. The molecule has 148 valence electrons. The first-order chi connectivity index (χ1) is 12.7. The maximum atomic E-state index is 11.8. The van der Waals surface area contributed by atoms with E-state index in [1.165, 1.54) is 24.3 Å². The van der Waals surface area contributed by atoms with Crippen LogP contribution in [-0.4, -0.2) is 43.4 Å². The zero-order valence-corrected chi connectivity index (χ0v) is 16.5. The predicted octanol–water partition coefficient (Wildman–Crippen LogP) is 0.125. The summed E-state index contributed by atoms with van der Waals surface area (Å²) in [7, 11) is -1.14. The van der Waals surface area contributed by atoms with Crippen molar-refractivity contribution in [2.24, 2.45) is 0 Å². The lowest BCUT2D eigenvalue weighted by Gasteiger charge is -2.04. The Balaban J connectivity index is 0.000000309. The summed E-state index contributed by atoms with van der Waals surface area (Å²) in [5, 5.41) is 5.12. The molecule has 0 atom stereocenters. The first-order valence-electron chi connectivity index (χ1n) is 8.28. The number of hydrogen-bond acceptors (Lipinski definition) is 5. The highest BCUT2D eigenvalue weighted by Gasteiger charge is 2.31. The fourth-order valence-corrected chi connectivity index (χ4v) is 2.83. The van der Waals surface area contributed by atoms with Crippen LogP contribution in [0.3, 0.4) is 0 Å². The van der Waals surface area contributed by atoms with E-state index in [0.29, 0.717) is 24.5 Å². The first-order valence-corrected chi connectivity index (χ1v) is 9.69. The molecule has 2 amide bonds. The van der Waals surface area contributed by atoms with E-state index >= 15 is 0 Å². The third kappa shape index (κ3) is 5.63. The van der Waals surface area contributed by atoms with E-state index in [1.807, 2.05) is 13.8 Å². The van der Waals surface area contributed by atoms with E-state index < -0.39 is 10.1 Å². The Labute approximate surface area is 158 Å². The zero-order chi connectivity index (χ0) is 20.6. The minimum atomic E-state index is -4.25. The van der Waals surface area contributed by atoms with Crippen LogP contribution in [0, 0.1) is 0 Å². The lowest BCUT2D eigenvalue weighted by molar-refractivity contribution is -0.694. The average Bonchev–Trinajstić information content (AvgIpc) is 3.06. The normalized spacial score (nSPS) is 10.6. The summed E-state index contributed by atoms with van der Waals surface area (Å²) < 4.78 is 34.4. The smallest absolute Gasteiger partial charge is 0.295 e. The number of nitrogens with zero attached hydrogens (tertiary/aromatic N) is 2. The molecule has 10 heteroatoms. The van der Waals surface area contributed by atoms with Crippen molar-refractivity contribution in [3.8, 4) is 0 Å². The summed E-state index contributed by atoms with van der Waals surface area (Å²) in [4.78, 5) is 23.5. The van der Waals surface area contributed by atoms with Gasteiger partial charge in [-0.15, -0.1) is 0 Å². The van der Waals surface area contributed by atoms with Gasteiger partial charge >= 0.3 is 0 Å². The second-order valence-corrected chi connectivity index (χ2v) is 6.69. The van der Waals surface area contributed by atoms with Gasteiger partial charge in [-0.05, 0) is 26.0 Å². The summed E-state index contributed by atoms with van der Waals surface area (Å²) in [5.41, 5.74) is 0.799. The van der Waals surface area contributed by atoms with Gasteiger partial charge in [-0.25, -0.2) is 17.6 Å². The standard InChI is InChI=1S/C11H18N4O2.C6H6O3S/c1-5-14-7-15(6-2)9(11(17)13-4)8(14)10(16)12-3;7-10(8,9)6-4-2-1-3-5-6/h7H,5-6H2,1-4H3,(H-,12,13,16,17);1-5H,(H,7,8,9). The Hall–Kier alpha value is -2.72. The van der Waals surface area contributed by atoms with E-state index in [2.05, 4.69) is 10.6 Å². The number of aryl methyl sites for hydroxylation is 2. The van der Waals surface area contributed by atoms with Gasteiger partial charge in [0.05, 0.1) is 18.0 Å². The Morgan fingerprint density at radius 1 is 1.07 bits per heavy atom. The summed E-state index contributed by atoms with van der Waals surface area (Å²) in [6.45, 7) is 5.14. The van der Waals surface area contributed by atoms with Gasteiger partial charge in [0.1, 0.15) is 10.1 Å². The molecule has 0 fully saturated rings. The van der Waals surface area contributed by atoms with Crippen molar-refractivity contribution >= 4 is 21.9 Å². The number of carbonyl (C=O) groups is 2. The largest absolute Gasteiger partial charge is 0.744 e. The van der Waals surface area contributed by atoms with Gasteiger partial charge < -0.3 is 15.2 Å². The Morgan fingerprint density at radius 3 is 2.00 bits per heavy atom. The fraction of sp³-hybridized carbons (Fsp3) is 0.353. The minimum absolute atomic E-state index is 0.185. The van der Waals surface area contributed by atoms with Crippen LogP contribution in [0.2, 0.25) is 0 Å². The molecule has 9 nitrogen and oxygen atoms in total. The van der Waals surface area contributed by atoms with Crippen molar-refractivity contribution in [3.05, 3.63) is 48.0 Å². The van der Waals surface area contributed by atoms with E-state index in [-0.39, 0.29) is 16.7 Å². The third-order valence-electron chi connectivity index (χ3n) is 3.68. The van der Waals surface area contributed by atoms with Gasteiger partial charge in [0.15, 0.2) is 0 Å². The first kappa shape index (κ1) is 22.3. The van der Waals surface area contributed by atoms with Crippen molar-refractivity contribution in [2.45, 2.75) is 31.8 Å². The van der Waals surface area contributed by atoms with Crippen LogP contribution in [-0.2, 0) is 23.2 Å².